The molecule has 2 rings (SSSR count). The number of nitrogens with one attached hydrogen (secondary N) is 1. The highest BCUT2D eigenvalue weighted by Crippen LogP contribution is 2.24. The van der Waals surface area contributed by atoms with Gasteiger partial charge in [0.15, 0.2) is 0 Å². The third kappa shape index (κ3) is 2.74. The molecule has 1 nitrogen and oxygen atoms in total. The predicted octanol–water partition coefficient (Wildman–Crippen LogP) is 4.07. The van der Waals surface area contributed by atoms with Crippen LogP contribution in [0.5, 0.6) is 0 Å². The molecule has 16 heavy (non-hydrogen) atoms. The minimum absolute atomic E-state index is 0.206. The van der Waals surface area contributed by atoms with Crippen LogP contribution in [0, 0.1) is 5.82 Å². The largest absolute Gasteiger partial charge is 0.307 e. The first-order valence-electron chi connectivity index (χ1n) is 5.88. The summed E-state index contributed by atoms with van der Waals surface area (Å²) in [7, 11) is 0. The van der Waals surface area contributed by atoms with Gasteiger partial charge >= 0.3 is 0 Å². The smallest absolute Gasteiger partial charge is 0.141 e. The minimum Gasteiger partial charge on any atom is -0.307 e. The van der Waals surface area contributed by atoms with Crippen molar-refractivity contribution >= 4 is 11.6 Å². The second-order valence-corrected chi connectivity index (χ2v) is 4.95. The topological polar surface area (TPSA) is 12.0 Å². The Morgan fingerprint density at radius 1 is 1.38 bits per heavy atom. The Morgan fingerprint density at radius 3 is 2.69 bits per heavy atom. The second-order valence-electron chi connectivity index (χ2n) is 4.54. The van der Waals surface area contributed by atoms with E-state index in [1.165, 1.54) is 31.7 Å². The Kier molecular flexibility index (Phi) is 3.82. The molecule has 1 unspecified atom stereocenters. The summed E-state index contributed by atoms with van der Waals surface area (Å²) in [4.78, 5) is 0. The van der Waals surface area contributed by atoms with Crippen molar-refractivity contribution in [3.05, 3.63) is 34.6 Å². The van der Waals surface area contributed by atoms with Gasteiger partial charge in [-0.3, -0.25) is 0 Å². The first kappa shape index (κ1) is 11.9. The third-order valence-electron chi connectivity index (χ3n) is 3.28. The molecule has 0 saturated heterocycles. The fraction of sp³-hybridized carbons (Fsp3) is 0.538. The van der Waals surface area contributed by atoms with Gasteiger partial charge in [0.1, 0.15) is 5.82 Å². The lowest BCUT2D eigenvalue weighted by Crippen LogP contribution is -2.28. The summed E-state index contributed by atoms with van der Waals surface area (Å²) in [6.45, 7) is 2.10. The summed E-state index contributed by atoms with van der Waals surface area (Å²) in [6, 6.07) is 5.79. The molecule has 0 bridgehead atoms. The van der Waals surface area contributed by atoms with E-state index >= 15 is 0 Å². The molecule has 0 radical (unpaired) electrons. The van der Waals surface area contributed by atoms with Gasteiger partial charge in [0.2, 0.25) is 0 Å². The van der Waals surface area contributed by atoms with Crippen LogP contribution in [-0.4, -0.2) is 6.04 Å². The lowest BCUT2D eigenvalue weighted by molar-refractivity contribution is 0.461. The molecule has 88 valence electrons. The van der Waals surface area contributed by atoms with Crippen LogP contribution in [0.1, 0.15) is 44.2 Å². The zero-order valence-electron chi connectivity index (χ0n) is 9.47. The van der Waals surface area contributed by atoms with Crippen LogP contribution < -0.4 is 5.32 Å². The zero-order chi connectivity index (χ0) is 11.5. The number of rotatable bonds is 3. The van der Waals surface area contributed by atoms with E-state index in [0.29, 0.717) is 6.04 Å². The van der Waals surface area contributed by atoms with Gasteiger partial charge in [-0.1, -0.05) is 30.5 Å². The molecule has 1 aliphatic carbocycles. The third-order valence-corrected chi connectivity index (χ3v) is 3.57. The van der Waals surface area contributed by atoms with Crippen molar-refractivity contribution in [2.24, 2.45) is 0 Å². The fourth-order valence-corrected chi connectivity index (χ4v) is 2.51. The van der Waals surface area contributed by atoms with E-state index in [4.69, 9.17) is 11.6 Å². The summed E-state index contributed by atoms with van der Waals surface area (Å²) in [5.41, 5.74) is 1.05. The molecular weight excluding hydrogens is 225 g/mol. The number of hydrogen-bond donors (Lipinski definition) is 1. The van der Waals surface area contributed by atoms with Gasteiger partial charge in [-0.2, -0.15) is 0 Å². The standard InChI is InChI=1S/C13H17ClFN/c1-9(16-11-4-2-3-5-11)10-6-7-13(15)12(14)8-10/h6-9,11,16H,2-5H2,1H3. The van der Waals surface area contributed by atoms with Crippen LogP contribution in [0.3, 0.4) is 0 Å². The number of hydrogen-bond acceptors (Lipinski definition) is 1. The molecule has 0 aliphatic heterocycles. The van der Waals surface area contributed by atoms with Gasteiger partial charge in [0.05, 0.1) is 5.02 Å². The molecule has 1 atom stereocenters. The molecule has 1 N–H and O–H groups in total. The highest BCUT2D eigenvalue weighted by atomic mass is 35.5. The van der Waals surface area contributed by atoms with Crippen molar-refractivity contribution in [1.29, 1.82) is 0 Å². The Hall–Kier alpha value is -0.600. The van der Waals surface area contributed by atoms with E-state index in [1.54, 1.807) is 12.1 Å². The fourth-order valence-electron chi connectivity index (χ4n) is 2.32. The molecule has 0 heterocycles. The predicted molar refractivity (Wildman–Crippen MR) is 65.2 cm³/mol. The molecule has 3 heteroatoms. The van der Waals surface area contributed by atoms with E-state index in [1.807, 2.05) is 0 Å². The summed E-state index contributed by atoms with van der Waals surface area (Å²) in [6.07, 6.45) is 5.13. The van der Waals surface area contributed by atoms with E-state index in [-0.39, 0.29) is 16.9 Å². The lowest BCUT2D eigenvalue weighted by Gasteiger charge is -2.19. The monoisotopic (exact) mass is 241 g/mol. The molecular formula is C13H17ClFN. The van der Waals surface area contributed by atoms with E-state index in [2.05, 4.69) is 12.2 Å². The van der Waals surface area contributed by atoms with E-state index in [9.17, 15) is 4.39 Å². The Bertz CT molecular complexity index is 361. The molecule has 1 aliphatic rings. The molecule has 1 aromatic carbocycles. The van der Waals surface area contributed by atoms with Gasteiger partial charge in [0, 0.05) is 12.1 Å². The van der Waals surface area contributed by atoms with Crippen molar-refractivity contribution in [2.45, 2.75) is 44.7 Å². The number of benzene rings is 1. The first-order chi connectivity index (χ1) is 7.66. The van der Waals surface area contributed by atoms with Crippen molar-refractivity contribution in [3.63, 3.8) is 0 Å². The SMILES string of the molecule is CC(NC1CCCC1)c1ccc(F)c(Cl)c1. The average Bonchev–Trinajstić information content (AvgIpc) is 2.74. The lowest BCUT2D eigenvalue weighted by atomic mass is 10.1. The van der Waals surface area contributed by atoms with Crippen LogP contribution in [-0.2, 0) is 0 Å². The Labute approximate surface area is 101 Å². The van der Waals surface area contributed by atoms with E-state index < -0.39 is 0 Å². The highest BCUT2D eigenvalue weighted by Gasteiger charge is 2.17. The molecule has 1 saturated carbocycles. The first-order valence-corrected chi connectivity index (χ1v) is 6.25. The van der Waals surface area contributed by atoms with Crippen molar-refractivity contribution in [2.75, 3.05) is 0 Å². The molecule has 0 spiro atoms. The second kappa shape index (κ2) is 5.15. The van der Waals surface area contributed by atoms with E-state index in [0.717, 1.165) is 5.56 Å². The van der Waals surface area contributed by atoms with Crippen molar-refractivity contribution < 1.29 is 4.39 Å². The molecule has 0 aromatic heterocycles. The molecule has 0 amide bonds. The highest BCUT2D eigenvalue weighted by molar-refractivity contribution is 6.30. The van der Waals surface area contributed by atoms with Gasteiger partial charge in [-0.15, -0.1) is 0 Å². The van der Waals surface area contributed by atoms with Crippen LogP contribution in [0.25, 0.3) is 0 Å². The van der Waals surface area contributed by atoms with Crippen molar-refractivity contribution in [3.8, 4) is 0 Å². The Balaban J connectivity index is 2.02. The maximum Gasteiger partial charge on any atom is 0.141 e. The normalized spacial score (nSPS) is 18.9. The summed E-state index contributed by atoms with van der Waals surface area (Å²) >= 11 is 5.77. The average molecular weight is 242 g/mol. The van der Waals surface area contributed by atoms with Gasteiger partial charge in [-0.05, 0) is 37.5 Å². The van der Waals surface area contributed by atoms with Crippen molar-refractivity contribution in [1.82, 2.24) is 5.32 Å². The van der Waals surface area contributed by atoms with Gasteiger partial charge in [-0.25, -0.2) is 4.39 Å². The maximum absolute atomic E-state index is 13.0. The van der Waals surface area contributed by atoms with Crippen LogP contribution in [0.2, 0.25) is 5.02 Å². The number of halogens is 2. The minimum atomic E-state index is -0.349. The maximum atomic E-state index is 13.0. The summed E-state index contributed by atoms with van der Waals surface area (Å²) < 4.78 is 13.0. The molecule has 1 aromatic rings. The van der Waals surface area contributed by atoms with Crippen LogP contribution in [0.15, 0.2) is 18.2 Å². The summed E-state index contributed by atoms with van der Waals surface area (Å²) in [5.74, 6) is -0.349. The zero-order valence-corrected chi connectivity index (χ0v) is 10.2. The van der Waals surface area contributed by atoms with Crippen LogP contribution >= 0.6 is 11.6 Å². The van der Waals surface area contributed by atoms with Gasteiger partial charge in [0.25, 0.3) is 0 Å². The Morgan fingerprint density at radius 2 is 2.06 bits per heavy atom. The van der Waals surface area contributed by atoms with Gasteiger partial charge < -0.3 is 5.32 Å². The quantitative estimate of drug-likeness (QED) is 0.841. The van der Waals surface area contributed by atoms with Crippen LogP contribution in [0.4, 0.5) is 4.39 Å². The summed E-state index contributed by atoms with van der Waals surface area (Å²) in [5, 5.41) is 3.77. The molecule has 1 fully saturated rings.